The molecule has 0 unspecified atom stereocenters. The highest BCUT2D eigenvalue weighted by molar-refractivity contribution is 5.79. The van der Waals surface area contributed by atoms with E-state index in [1.807, 2.05) is 6.92 Å². The fourth-order valence-corrected chi connectivity index (χ4v) is 1.33. The van der Waals surface area contributed by atoms with Crippen LogP contribution < -0.4 is 0 Å². The van der Waals surface area contributed by atoms with Gasteiger partial charge in [-0.25, -0.2) is 0 Å². The van der Waals surface area contributed by atoms with Crippen LogP contribution in [-0.4, -0.2) is 5.16 Å². The lowest BCUT2D eigenvalue weighted by Gasteiger charge is -1.93. The minimum absolute atomic E-state index is 0.895. The molecule has 0 radical (unpaired) electrons. The molecule has 2 rings (SSSR count). The first-order valence-electron chi connectivity index (χ1n) is 4.16. The number of benzene rings is 1. The fraction of sp³-hybridized carbons (Fsp3) is 0.300. The normalized spacial score (nSPS) is 10.8. The van der Waals surface area contributed by atoms with Gasteiger partial charge in [-0.2, -0.15) is 0 Å². The molecule has 0 aliphatic heterocycles. The van der Waals surface area contributed by atoms with E-state index in [4.69, 9.17) is 4.52 Å². The molecule has 0 N–H and O–H groups in total. The van der Waals surface area contributed by atoms with Crippen molar-refractivity contribution in [3.05, 3.63) is 29.5 Å². The summed E-state index contributed by atoms with van der Waals surface area (Å²) in [7, 11) is 0. The maximum atomic E-state index is 5.14. The lowest BCUT2D eigenvalue weighted by Crippen LogP contribution is -1.77. The Labute approximate surface area is 71.2 Å². The lowest BCUT2D eigenvalue weighted by molar-refractivity contribution is 0.450. The van der Waals surface area contributed by atoms with Gasteiger partial charge in [0.2, 0.25) is 0 Å². The van der Waals surface area contributed by atoms with Crippen LogP contribution >= 0.6 is 0 Å². The summed E-state index contributed by atoms with van der Waals surface area (Å²) >= 11 is 0. The third-order valence-corrected chi connectivity index (χ3v) is 2.12. The van der Waals surface area contributed by atoms with E-state index in [9.17, 15) is 0 Å². The Hall–Kier alpha value is -1.31. The summed E-state index contributed by atoms with van der Waals surface area (Å²) in [5.41, 5.74) is 3.15. The van der Waals surface area contributed by atoms with Crippen molar-refractivity contribution in [1.82, 2.24) is 5.16 Å². The average Bonchev–Trinajstić information content (AvgIpc) is 2.47. The first-order valence-corrected chi connectivity index (χ1v) is 4.16. The van der Waals surface area contributed by atoms with E-state index >= 15 is 0 Å². The number of rotatable bonds is 1. The molecule has 0 saturated heterocycles. The van der Waals surface area contributed by atoms with E-state index in [1.165, 1.54) is 5.56 Å². The second-order valence-corrected chi connectivity index (χ2v) is 2.95. The molecule has 62 valence electrons. The molecular weight excluding hydrogens is 150 g/mol. The molecule has 0 spiro atoms. The third kappa shape index (κ3) is 0.998. The molecule has 0 atom stereocenters. The minimum atomic E-state index is 0.895. The lowest BCUT2D eigenvalue weighted by atomic mass is 10.1. The predicted octanol–water partition coefficient (Wildman–Crippen LogP) is 2.70. The van der Waals surface area contributed by atoms with Crippen molar-refractivity contribution in [3.8, 4) is 0 Å². The number of hydrogen-bond acceptors (Lipinski definition) is 2. The molecule has 0 amide bonds. The van der Waals surface area contributed by atoms with E-state index in [-0.39, 0.29) is 0 Å². The molecule has 0 aliphatic rings. The van der Waals surface area contributed by atoms with Gasteiger partial charge in [0.25, 0.3) is 0 Å². The number of nitrogens with zero attached hydrogens (tertiary/aromatic N) is 1. The van der Waals surface area contributed by atoms with E-state index in [0.29, 0.717) is 0 Å². The van der Waals surface area contributed by atoms with Crippen LogP contribution in [0.25, 0.3) is 11.0 Å². The molecule has 1 heterocycles. The zero-order chi connectivity index (χ0) is 8.55. The standard InChI is InChI=1S/C10H11NO/c1-3-8-4-5-9-7(2)11-12-10(9)6-8/h4-6H,3H2,1-2H3. The number of aromatic nitrogens is 1. The van der Waals surface area contributed by atoms with Crippen LogP contribution in [0.4, 0.5) is 0 Å². The van der Waals surface area contributed by atoms with Gasteiger partial charge in [0.1, 0.15) is 0 Å². The second-order valence-electron chi connectivity index (χ2n) is 2.95. The van der Waals surface area contributed by atoms with Gasteiger partial charge in [0, 0.05) is 5.39 Å². The van der Waals surface area contributed by atoms with E-state index < -0.39 is 0 Å². The van der Waals surface area contributed by atoms with Crippen molar-refractivity contribution in [2.45, 2.75) is 20.3 Å². The van der Waals surface area contributed by atoms with E-state index in [2.05, 4.69) is 30.3 Å². The SMILES string of the molecule is CCc1ccc2c(C)noc2c1. The molecule has 2 nitrogen and oxygen atoms in total. The summed E-state index contributed by atoms with van der Waals surface area (Å²) in [4.78, 5) is 0. The number of hydrogen-bond donors (Lipinski definition) is 0. The minimum Gasteiger partial charge on any atom is -0.356 e. The maximum absolute atomic E-state index is 5.14. The van der Waals surface area contributed by atoms with Crippen molar-refractivity contribution in [3.63, 3.8) is 0 Å². The van der Waals surface area contributed by atoms with Crippen LogP contribution in [0.2, 0.25) is 0 Å². The largest absolute Gasteiger partial charge is 0.356 e. The zero-order valence-corrected chi connectivity index (χ0v) is 7.29. The van der Waals surface area contributed by atoms with Crippen LogP contribution in [-0.2, 0) is 6.42 Å². The van der Waals surface area contributed by atoms with Gasteiger partial charge in [-0.3, -0.25) is 0 Å². The van der Waals surface area contributed by atoms with Crippen molar-refractivity contribution < 1.29 is 4.52 Å². The van der Waals surface area contributed by atoms with E-state index in [1.54, 1.807) is 0 Å². The summed E-state index contributed by atoms with van der Waals surface area (Å²) in [6.07, 6.45) is 1.04. The van der Waals surface area contributed by atoms with Gasteiger partial charge in [-0.15, -0.1) is 0 Å². The summed E-state index contributed by atoms with van der Waals surface area (Å²) in [5, 5.41) is 5.01. The smallest absolute Gasteiger partial charge is 0.167 e. The number of fused-ring (bicyclic) bond motifs is 1. The highest BCUT2D eigenvalue weighted by atomic mass is 16.5. The Morgan fingerprint density at radius 3 is 3.00 bits per heavy atom. The predicted molar refractivity (Wildman–Crippen MR) is 48.1 cm³/mol. The van der Waals surface area contributed by atoms with E-state index in [0.717, 1.165) is 23.1 Å². The number of aryl methyl sites for hydroxylation is 2. The highest BCUT2D eigenvalue weighted by Gasteiger charge is 2.02. The maximum Gasteiger partial charge on any atom is 0.167 e. The topological polar surface area (TPSA) is 26.0 Å². The van der Waals surface area contributed by atoms with Crippen LogP contribution in [0.3, 0.4) is 0 Å². The molecule has 0 aliphatic carbocycles. The zero-order valence-electron chi connectivity index (χ0n) is 7.29. The Morgan fingerprint density at radius 1 is 1.42 bits per heavy atom. The Morgan fingerprint density at radius 2 is 2.25 bits per heavy atom. The molecule has 0 saturated carbocycles. The van der Waals surface area contributed by atoms with Crippen molar-refractivity contribution in [2.75, 3.05) is 0 Å². The average molecular weight is 161 g/mol. The molecule has 12 heavy (non-hydrogen) atoms. The quantitative estimate of drug-likeness (QED) is 0.642. The monoisotopic (exact) mass is 161 g/mol. The third-order valence-electron chi connectivity index (χ3n) is 2.12. The van der Waals surface area contributed by atoms with Crippen molar-refractivity contribution in [1.29, 1.82) is 0 Å². The summed E-state index contributed by atoms with van der Waals surface area (Å²) < 4.78 is 5.14. The molecule has 2 aromatic rings. The van der Waals surface area contributed by atoms with Gasteiger partial charge in [0.15, 0.2) is 5.58 Å². The molecule has 0 fully saturated rings. The first kappa shape index (κ1) is 7.35. The molecular formula is C10H11NO. The highest BCUT2D eigenvalue weighted by Crippen LogP contribution is 2.19. The molecule has 1 aromatic carbocycles. The summed E-state index contributed by atoms with van der Waals surface area (Å²) in [6.45, 7) is 4.09. The Balaban J connectivity index is 2.69. The van der Waals surface area contributed by atoms with Crippen LogP contribution in [0.1, 0.15) is 18.2 Å². The van der Waals surface area contributed by atoms with Crippen LogP contribution in [0.5, 0.6) is 0 Å². The van der Waals surface area contributed by atoms with Crippen LogP contribution in [0.15, 0.2) is 22.7 Å². The first-order chi connectivity index (χ1) is 5.81. The van der Waals surface area contributed by atoms with Gasteiger partial charge < -0.3 is 4.52 Å². The Kier molecular flexibility index (Phi) is 1.61. The molecule has 2 heteroatoms. The Bertz CT molecular complexity index is 403. The van der Waals surface area contributed by atoms with Gasteiger partial charge in [-0.1, -0.05) is 18.1 Å². The van der Waals surface area contributed by atoms with Crippen molar-refractivity contribution >= 4 is 11.0 Å². The molecule has 0 bridgehead atoms. The second kappa shape index (κ2) is 2.63. The fourth-order valence-electron chi connectivity index (χ4n) is 1.33. The van der Waals surface area contributed by atoms with Gasteiger partial charge >= 0.3 is 0 Å². The molecule has 1 aromatic heterocycles. The van der Waals surface area contributed by atoms with Gasteiger partial charge in [-0.05, 0) is 31.0 Å². The summed E-state index contributed by atoms with van der Waals surface area (Å²) in [5.74, 6) is 0. The van der Waals surface area contributed by atoms with Gasteiger partial charge in [0.05, 0.1) is 5.69 Å². The van der Waals surface area contributed by atoms with Crippen LogP contribution in [0, 0.1) is 6.92 Å². The summed E-state index contributed by atoms with van der Waals surface area (Å²) in [6, 6.07) is 6.24. The van der Waals surface area contributed by atoms with Crippen molar-refractivity contribution in [2.24, 2.45) is 0 Å².